The van der Waals surface area contributed by atoms with Gasteiger partial charge in [-0.15, -0.1) is 0 Å². The summed E-state index contributed by atoms with van der Waals surface area (Å²) in [7, 11) is 0. The minimum atomic E-state index is -1.46. The van der Waals surface area contributed by atoms with Crippen LogP contribution in [0, 0.1) is 5.92 Å². The molecule has 27 heavy (non-hydrogen) atoms. The first-order valence-electron chi connectivity index (χ1n) is 9.70. The average Bonchev–Trinajstić information content (AvgIpc) is 2.61. The van der Waals surface area contributed by atoms with Gasteiger partial charge in [-0.3, -0.25) is 4.79 Å². The first kappa shape index (κ1) is 23.3. The van der Waals surface area contributed by atoms with Crippen LogP contribution in [0.5, 0.6) is 0 Å². The number of hydrogen-bond acceptors (Lipinski definition) is 5. The molecule has 1 aliphatic rings. The van der Waals surface area contributed by atoms with Gasteiger partial charge in [-0.1, -0.05) is 24.3 Å². The van der Waals surface area contributed by atoms with Gasteiger partial charge < -0.3 is 14.9 Å². The molecule has 0 amide bonds. The van der Waals surface area contributed by atoms with E-state index < -0.39 is 17.7 Å². The fourth-order valence-corrected chi connectivity index (χ4v) is 3.14. The number of hydrogen-bond donors (Lipinski definition) is 2. The zero-order chi connectivity index (χ0) is 20.6. The second kappa shape index (κ2) is 10.6. The van der Waals surface area contributed by atoms with Gasteiger partial charge in [0.15, 0.2) is 5.78 Å². The van der Waals surface area contributed by atoms with E-state index in [2.05, 4.69) is 6.58 Å². The van der Waals surface area contributed by atoms with E-state index in [-0.39, 0.29) is 36.7 Å². The van der Waals surface area contributed by atoms with E-state index in [0.717, 1.165) is 11.1 Å². The molecular weight excluding hydrogens is 344 g/mol. The van der Waals surface area contributed by atoms with Gasteiger partial charge in [0.2, 0.25) is 0 Å². The van der Waals surface area contributed by atoms with E-state index in [0.29, 0.717) is 25.7 Å². The molecule has 1 rings (SSSR count). The average molecular weight is 379 g/mol. The maximum absolute atomic E-state index is 12.4. The Hall–Kier alpha value is -1.72. The predicted molar refractivity (Wildman–Crippen MR) is 106 cm³/mol. The van der Waals surface area contributed by atoms with Crippen LogP contribution in [-0.4, -0.2) is 40.3 Å². The molecule has 0 aliphatic heterocycles. The number of ketones is 1. The molecule has 0 spiro atoms. The Labute approximate surface area is 162 Å². The van der Waals surface area contributed by atoms with Crippen LogP contribution >= 0.6 is 0 Å². The maximum atomic E-state index is 12.4. The van der Waals surface area contributed by atoms with Crippen molar-refractivity contribution in [3.8, 4) is 0 Å². The summed E-state index contributed by atoms with van der Waals surface area (Å²) in [5.74, 6) is -1.08. The Morgan fingerprint density at radius 3 is 2.63 bits per heavy atom. The largest absolute Gasteiger partial charge is 0.463 e. The van der Waals surface area contributed by atoms with Crippen molar-refractivity contribution in [3.63, 3.8) is 0 Å². The van der Waals surface area contributed by atoms with Gasteiger partial charge in [0.25, 0.3) is 0 Å². The molecule has 0 heterocycles. The molecule has 0 aromatic rings. The Morgan fingerprint density at radius 1 is 1.33 bits per heavy atom. The van der Waals surface area contributed by atoms with Crippen LogP contribution < -0.4 is 0 Å². The molecule has 5 heteroatoms. The maximum Gasteiger partial charge on any atom is 0.333 e. The predicted octanol–water partition coefficient (Wildman–Crippen LogP) is 3.65. The van der Waals surface area contributed by atoms with Crippen LogP contribution in [0.15, 0.2) is 35.5 Å². The topological polar surface area (TPSA) is 83.8 Å². The molecule has 2 N–H and O–H groups in total. The molecule has 3 atom stereocenters. The number of ether oxygens (including phenoxy) is 1. The van der Waals surface area contributed by atoms with E-state index >= 15 is 0 Å². The molecule has 0 saturated carbocycles. The third-order valence-electron chi connectivity index (χ3n) is 5.30. The Balaban J connectivity index is 3.10. The van der Waals surface area contributed by atoms with Gasteiger partial charge in [0, 0.05) is 12.0 Å². The van der Waals surface area contributed by atoms with Crippen molar-refractivity contribution in [2.45, 2.75) is 77.9 Å². The second-order valence-electron chi connectivity index (χ2n) is 7.66. The number of aliphatic hydroxyl groups is 2. The minimum absolute atomic E-state index is 0.202. The molecule has 0 bridgehead atoms. The number of esters is 1. The lowest BCUT2D eigenvalue weighted by atomic mass is 9.82. The number of carbonyl (C=O) groups is 2. The molecule has 0 radical (unpaired) electrons. The number of Topliss-reactive ketones (excluding diaryl/α,β-unsaturated/α-hetero) is 1. The summed E-state index contributed by atoms with van der Waals surface area (Å²) < 4.78 is 5.04. The number of aliphatic hydroxyl groups excluding tert-OH is 1. The summed E-state index contributed by atoms with van der Waals surface area (Å²) in [6.07, 6.45) is 5.69. The van der Waals surface area contributed by atoms with Crippen LogP contribution in [-0.2, 0) is 14.3 Å². The quantitative estimate of drug-likeness (QED) is 0.445. The van der Waals surface area contributed by atoms with Crippen LogP contribution in [0.3, 0.4) is 0 Å². The molecule has 0 fully saturated rings. The second-order valence-corrected chi connectivity index (χ2v) is 7.66. The Morgan fingerprint density at radius 2 is 2.00 bits per heavy atom. The van der Waals surface area contributed by atoms with E-state index in [1.54, 1.807) is 6.92 Å². The third-order valence-corrected chi connectivity index (χ3v) is 5.30. The molecular formula is C22H34O5. The zero-order valence-corrected chi connectivity index (χ0v) is 17.1. The summed E-state index contributed by atoms with van der Waals surface area (Å²) in [4.78, 5) is 24.5. The van der Waals surface area contributed by atoms with Gasteiger partial charge in [-0.25, -0.2) is 4.79 Å². The van der Waals surface area contributed by atoms with Crippen molar-refractivity contribution >= 4 is 11.8 Å². The molecule has 0 aromatic carbocycles. The number of carbonyl (C=O) groups excluding carboxylic acids is 2. The first-order valence-corrected chi connectivity index (χ1v) is 9.70. The fourth-order valence-electron chi connectivity index (χ4n) is 3.14. The number of allylic oxidation sites excluding steroid dienone is 3. The highest BCUT2D eigenvalue weighted by molar-refractivity contribution is 5.88. The third kappa shape index (κ3) is 7.43. The molecule has 0 saturated heterocycles. The molecule has 3 unspecified atom stereocenters. The Bertz CT molecular complexity index is 612. The lowest BCUT2D eigenvalue weighted by Crippen LogP contribution is -2.36. The highest BCUT2D eigenvalue weighted by Gasteiger charge is 2.32. The van der Waals surface area contributed by atoms with E-state index in [4.69, 9.17) is 4.74 Å². The van der Waals surface area contributed by atoms with Crippen molar-refractivity contribution in [3.05, 3.63) is 35.5 Å². The fraction of sp³-hybridized carbons (Fsp3) is 0.636. The van der Waals surface area contributed by atoms with Crippen molar-refractivity contribution in [1.82, 2.24) is 0 Å². The van der Waals surface area contributed by atoms with Crippen LogP contribution in [0.2, 0.25) is 0 Å². The number of rotatable bonds is 3. The van der Waals surface area contributed by atoms with Crippen molar-refractivity contribution in [1.29, 1.82) is 0 Å². The Kier molecular flexibility index (Phi) is 9.13. The molecule has 0 aromatic heterocycles. The van der Waals surface area contributed by atoms with Crippen LogP contribution in [0.1, 0.15) is 66.2 Å². The summed E-state index contributed by atoms with van der Waals surface area (Å²) in [6, 6.07) is 0. The SMILES string of the molecule is C=C(C(=O)OCC)C1CCC(C)(O)C(=O)CCC(C)=CCC=C(C)C(O)C1. The van der Waals surface area contributed by atoms with E-state index in [1.165, 1.54) is 6.92 Å². The molecule has 5 nitrogen and oxygen atoms in total. The van der Waals surface area contributed by atoms with Gasteiger partial charge in [0.05, 0.1) is 12.7 Å². The lowest BCUT2D eigenvalue weighted by molar-refractivity contribution is -0.139. The molecule has 1 aliphatic carbocycles. The molecule has 152 valence electrons. The van der Waals surface area contributed by atoms with Gasteiger partial charge in [0.1, 0.15) is 5.60 Å². The van der Waals surface area contributed by atoms with Crippen LogP contribution in [0.25, 0.3) is 0 Å². The smallest absolute Gasteiger partial charge is 0.333 e. The van der Waals surface area contributed by atoms with Gasteiger partial charge in [-0.05, 0) is 71.3 Å². The van der Waals surface area contributed by atoms with Crippen LogP contribution in [0.4, 0.5) is 0 Å². The van der Waals surface area contributed by atoms with Crippen molar-refractivity contribution < 1.29 is 24.5 Å². The van der Waals surface area contributed by atoms with Crippen molar-refractivity contribution in [2.75, 3.05) is 6.61 Å². The standard InChI is InChI=1S/C22H34O5/c1-6-27-21(25)17(4)18-12-13-22(5,26)20(24)11-10-15(2)8-7-9-16(3)19(23)14-18/h8-9,18-19,23,26H,4,6-7,10-14H2,1-3,5H3. The van der Waals surface area contributed by atoms with Crippen molar-refractivity contribution in [2.24, 2.45) is 5.92 Å². The summed E-state index contributed by atoms with van der Waals surface area (Å²) in [5, 5.41) is 21.2. The van der Waals surface area contributed by atoms with E-state index in [1.807, 2.05) is 26.0 Å². The summed E-state index contributed by atoms with van der Waals surface area (Å²) in [5.41, 5.74) is 0.728. The monoisotopic (exact) mass is 378 g/mol. The minimum Gasteiger partial charge on any atom is -0.463 e. The van der Waals surface area contributed by atoms with Gasteiger partial charge in [-0.2, -0.15) is 0 Å². The first-order chi connectivity index (χ1) is 12.6. The summed E-state index contributed by atoms with van der Waals surface area (Å²) in [6.45, 7) is 11.2. The summed E-state index contributed by atoms with van der Waals surface area (Å²) >= 11 is 0. The lowest BCUT2D eigenvalue weighted by Gasteiger charge is -2.27. The van der Waals surface area contributed by atoms with Gasteiger partial charge >= 0.3 is 5.97 Å². The highest BCUT2D eigenvalue weighted by atomic mass is 16.5. The normalized spacial score (nSPS) is 28.6. The zero-order valence-electron chi connectivity index (χ0n) is 17.1. The highest BCUT2D eigenvalue weighted by Crippen LogP contribution is 2.29. The van der Waals surface area contributed by atoms with E-state index in [9.17, 15) is 19.8 Å².